The summed E-state index contributed by atoms with van der Waals surface area (Å²) in [7, 11) is -0.299. The van der Waals surface area contributed by atoms with E-state index in [4.69, 9.17) is 0 Å². The molecule has 1 rings (SSSR count). The molecule has 0 aliphatic rings. The van der Waals surface area contributed by atoms with Gasteiger partial charge in [-0.05, 0) is 43.6 Å². The second kappa shape index (κ2) is 9.11. The summed E-state index contributed by atoms with van der Waals surface area (Å²) in [5.74, 6) is 0. The fraction of sp³-hybridized carbons (Fsp3) is 0.529. The van der Waals surface area contributed by atoms with Crippen molar-refractivity contribution in [1.82, 2.24) is 4.57 Å². The molecule has 0 heterocycles. The number of allylic oxidation sites excluding steroid dienone is 1. The second-order valence-corrected chi connectivity index (χ2v) is 7.49. The van der Waals surface area contributed by atoms with E-state index in [1.807, 2.05) is 0 Å². The summed E-state index contributed by atoms with van der Waals surface area (Å²) in [5, 5.41) is 1.55. The van der Waals surface area contributed by atoms with Gasteiger partial charge in [-0.25, -0.2) is 0 Å². The highest BCUT2D eigenvalue weighted by atomic mass is 28.2. The molecule has 0 saturated carbocycles. The molecule has 0 aromatic heterocycles. The van der Waals surface area contributed by atoms with E-state index in [2.05, 4.69) is 56.2 Å². The number of unbranched alkanes of at least 4 members (excludes halogenated alkanes) is 2. The van der Waals surface area contributed by atoms with Crippen LogP contribution in [0.2, 0.25) is 0 Å². The average molecular weight is 276 g/mol. The van der Waals surface area contributed by atoms with Gasteiger partial charge in [0.05, 0.1) is 0 Å². The van der Waals surface area contributed by atoms with Gasteiger partial charge in [-0.1, -0.05) is 63.1 Å². The van der Waals surface area contributed by atoms with E-state index < -0.39 is 0 Å². The number of nitrogens with zero attached hydrogens (tertiary/aromatic N) is 1. The molecule has 0 unspecified atom stereocenters. The standard InChI is InChI=1S/C17H29NSi/c1-5-7-12-18(13-8-6-2)19-17-11-9-10-16(14-17)15(3)4/h9-11,14H,3,5-8,12-13,19H2,1-2,4H3. The maximum Gasteiger partial charge on any atom is 0.127 e. The van der Waals surface area contributed by atoms with Crippen LogP contribution in [0.4, 0.5) is 0 Å². The Labute approximate surface area is 121 Å². The molecule has 0 spiro atoms. The molecular formula is C17H29NSi. The van der Waals surface area contributed by atoms with E-state index in [9.17, 15) is 0 Å². The first-order chi connectivity index (χ1) is 9.17. The minimum atomic E-state index is -0.299. The molecule has 0 saturated heterocycles. The third kappa shape index (κ3) is 6.21. The predicted molar refractivity (Wildman–Crippen MR) is 90.7 cm³/mol. The fourth-order valence-electron chi connectivity index (χ4n) is 2.23. The van der Waals surface area contributed by atoms with E-state index in [-0.39, 0.29) is 9.68 Å². The summed E-state index contributed by atoms with van der Waals surface area (Å²) in [6.07, 6.45) is 5.25. The number of benzene rings is 1. The Balaban J connectivity index is 2.65. The summed E-state index contributed by atoms with van der Waals surface area (Å²) >= 11 is 0. The van der Waals surface area contributed by atoms with E-state index >= 15 is 0 Å². The molecule has 1 nitrogen and oxygen atoms in total. The van der Waals surface area contributed by atoms with Gasteiger partial charge in [-0.15, -0.1) is 0 Å². The molecule has 1 aromatic carbocycles. The van der Waals surface area contributed by atoms with E-state index in [1.165, 1.54) is 49.9 Å². The normalized spacial score (nSPS) is 11.6. The van der Waals surface area contributed by atoms with Crippen molar-refractivity contribution >= 4 is 20.4 Å². The topological polar surface area (TPSA) is 3.24 Å². The Kier molecular flexibility index (Phi) is 7.76. The molecule has 19 heavy (non-hydrogen) atoms. The second-order valence-electron chi connectivity index (χ2n) is 5.46. The van der Waals surface area contributed by atoms with Crippen molar-refractivity contribution < 1.29 is 0 Å². The van der Waals surface area contributed by atoms with Crippen LogP contribution in [0.3, 0.4) is 0 Å². The molecule has 0 radical (unpaired) electrons. The predicted octanol–water partition coefficient (Wildman–Crippen LogP) is 3.33. The molecule has 0 N–H and O–H groups in total. The molecule has 0 aliphatic carbocycles. The molecule has 106 valence electrons. The Morgan fingerprint density at radius 2 is 1.79 bits per heavy atom. The van der Waals surface area contributed by atoms with Gasteiger partial charge in [0.25, 0.3) is 0 Å². The Morgan fingerprint density at radius 3 is 2.32 bits per heavy atom. The van der Waals surface area contributed by atoms with Gasteiger partial charge in [0.2, 0.25) is 0 Å². The Morgan fingerprint density at radius 1 is 1.16 bits per heavy atom. The molecular weight excluding hydrogens is 246 g/mol. The van der Waals surface area contributed by atoms with Gasteiger partial charge < -0.3 is 4.57 Å². The van der Waals surface area contributed by atoms with Crippen LogP contribution in [0, 0.1) is 0 Å². The summed E-state index contributed by atoms with van der Waals surface area (Å²) in [4.78, 5) is 0. The fourth-order valence-corrected chi connectivity index (χ4v) is 4.06. The van der Waals surface area contributed by atoms with Crippen molar-refractivity contribution in [3.63, 3.8) is 0 Å². The lowest BCUT2D eigenvalue weighted by Gasteiger charge is -2.22. The highest BCUT2D eigenvalue weighted by Crippen LogP contribution is 2.08. The maximum atomic E-state index is 4.05. The summed E-state index contributed by atoms with van der Waals surface area (Å²) in [5.41, 5.74) is 2.47. The van der Waals surface area contributed by atoms with Crippen molar-refractivity contribution in [1.29, 1.82) is 0 Å². The first kappa shape index (κ1) is 16.2. The minimum absolute atomic E-state index is 0.299. The Bertz CT molecular complexity index is 379. The molecule has 2 heteroatoms. The largest absolute Gasteiger partial charge is 0.325 e. The molecule has 0 fully saturated rings. The molecule has 0 aliphatic heterocycles. The zero-order valence-corrected chi connectivity index (χ0v) is 14.3. The van der Waals surface area contributed by atoms with Crippen LogP contribution in [0.25, 0.3) is 5.57 Å². The van der Waals surface area contributed by atoms with Gasteiger partial charge in [-0.2, -0.15) is 0 Å². The van der Waals surface area contributed by atoms with Gasteiger partial charge in [0, 0.05) is 0 Å². The van der Waals surface area contributed by atoms with Crippen molar-refractivity contribution in [3.05, 3.63) is 36.4 Å². The molecule has 0 amide bonds. The van der Waals surface area contributed by atoms with Crippen molar-refractivity contribution in [2.24, 2.45) is 0 Å². The number of hydrogen-bond donors (Lipinski definition) is 0. The molecule has 1 aromatic rings. The van der Waals surface area contributed by atoms with Gasteiger partial charge in [0.1, 0.15) is 9.68 Å². The van der Waals surface area contributed by atoms with E-state index in [0.717, 1.165) is 0 Å². The van der Waals surface area contributed by atoms with E-state index in [1.54, 1.807) is 5.19 Å². The first-order valence-corrected chi connectivity index (χ1v) is 8.98. The third-order valence-corrected chi connectivity index (χ3v) is 5.37. The first-order valence-electron chi connectivity index (χ1n) is 7.64. The number of hydrogen-bond acceptors (Lipinski definition) is 1. The van der Waals surface area contributed by atoms with Gasteiger partial charge >= 0.3 is 0 Å². The van der Waals surface area contributed by atoms with Crippen LogP contribution in [0.1, 0.15) is 52.0 Å². The highest BCUT2D eigenvalue weighted by Gasteiger charge is 2.06. The van der Waals surface area contributed by atoms with Crippen molar-refractivity contribution in [2.75, 3.05) is 13.1 Å². The van der Waals surface area contributed by atoms with Crippen molar-refractivity contribution in [2.45, 2.75) is 46.5 Å². The van der Waals surface area contributed by atoms with Crippen LogP contribution >= 0.6 is 0 Å². The van der Waals surface area contributed by atoms with Crippen LogP contribution < -0.4 is 5.19 Å². The lowest BCUT2D eigenvalue weighted by Crippen LogP contribution is -2.37. The van der Waals surface area contributed by atoms with Crippen LogP contribution in [-0.2, 0) is 0 Å². The lowest BCUT2D eigenvalue weighted by molar-refractivity contribution is 0.423. The summed E-state index contributed by atoms with van der Waals surface area (Å²) in [6, 6.07) is 9.00. The molecule has 0 atom stereocenters. The average Bonchev–Trinajstić information content (AvgIpc) is 2.42. The lowest BCUT2D eigenvalue weighted by atomic mass is 10.1. The van der Waals surface area contributed by atoms with Gasteiger partial charge in [-0.3, -0.25) is 0 Å². The smallest absolute Gasteiger partial charge is 0.127 e. The zero-order chi connectivity index (χ0) is 14.1. The highest BCUT2D eigenvalue weighted by molar-refractivity contribution is 6.50. The SMILES string of the molecule is C=C(C)c1cccc([SiH2]N(CCCC)CCCC)c1. The summed E-state index contributed by atoms with van der Waals surface area (Å²) < 4.78 is 2.73. The number of rotatable bonds is 9. The maximum absolute atomic E-state index is 4.05. The zero-order valence-electron chi connectivity index (χ0n) is 12.9. The van der Waals surface area contributed by atoms with Gasteiger partial charge in [0.15, 0.2) is 0 Å². The quantitative estimate of drug-likeness (QED) is 0.625. The van der Waals surface area contributed by atoms with Crippen LogP contribution in [0.5, 0.6) is 0 Å². The summed E-state index contributed by atoms with van der Waals surface area (Å²) in [6.45, 7) is 13.3. The third-order valence-electron chi connectivity index (χ3n) is 3.48. The van der Waals surface area contributed by atoms with Crippen LogP contribution in [0.15, 0.2) is 30.8 Å². The Hall–Kier alpha value is -0.863. The monoisotopic (exact) mass is 275 g/mol. The molecule has 0 bridgehead atoms. The van der Waals surface area contributed by atoms with Crippen LogP contribution in [-0.4, -0.2) is 27.3 Å². The van der Waals surface area contributed by atoms with E-state index in [0.29, 0.717) is 0 Å². The minimum Gasteiger partial charge on any atom is -0.325 e. The van der Waals surface area contributed by atoms with Crippen molar-refractivity contribution in [3.8, 4) is 0 Å².